The van der Waals surface area contributed by atoms with Crippen molar-refractivity contribution in [2.75, 3.05) is 25.1 Å². The molecule has 0 atom stereocenters. The number of benzene rings is 1. The normalized spacial score (nSPS) is 10.5. The molecule has 1 aromatic heterocycles. The molecule has 0 spiro atoms. The van der Waals surface area contributed by atoms with Crippen LogP contribution in [-0.2, 0) is 12.8 Å². The van der Waals surface area contributed by atoms with Gasteiger partial charge >= 0.3 is 0 Å². The largest absolute Gasteiger partial charge is 0.490 e. The molecule has 0 aliphatic carbocycles. The molecule has 0 bridgehead atoms. The highest BCUT2D eigenvalue weighted by molar-refractivity contribution is 5.54. The average Bonchev–Trinajstić information content (AvgIpc) is 2.98. The van der Waals surface area contributed by atoms with E-state index in [9.17, 15) is 0 Å². The van der Waals surface area contributed by atoms with Crippen LogP contribution in [0, 0.1) is 0 Å². The van der Waals surface area contributed by atoms with E-state index in [1.54, 1.807) is 0 Å². The molecule has 2 rings (SSSR count). The number of ether oxygens (including phenoxy) is 2. The number of nitrogens with one attached hydrogen (secondary N) is 2. The van der Waals surface area contributed by atoms with Crippen molar-refractivity contribution in [3.8, 4) is 11.5 Å². The maximum Gasteiger partial charge on any atom is 0.163 e. The topological polar surface area (TPSA) is 72.1 Å². The molecule has 22 heavy (non-hydrogen) atoms. The lowest BCUT2D eigenvalue weighted by molar-refractivity contribution is 0.288. The van der Waals surface area contributed by atoms with Crippen molar-refractivity contribution in [1.82, 2.24) is 15.2 Å². The van der Waals surface area contributed by atoms with Crippen LogP contribution in [0.5, 0.6) is 11.5 Å². The summed E-state index contributed by atoms with van der Waals surface area (Å²) >= 11 is 0. The molecule has 2 aromatic rings. The van der Waals surface area contributed by atoms with Gasteiger partial charge in [0.25, 0.3) is 0 Å². The first-order valence-corrected chi connectivity index (χ1v) is 7.80. The monoisotopic (exact) mass is 304 g/mol. The number of aromatic amines is 1. The summed E-state index contributed by atoms with van der Waals surface area (Å²) in [4.78, 5) is 4.39. The van der Waals surface area contributed by atoms with E-state index in [1.807, 2.05) is 39.0 Å². The SMILES string of the molecule is CCOc1ccc(NCCc2nc(CC)n[nH]2)cc1OCC. The lowest BCUT2D eigenvalue weighted by Gasteiger charge is -2.13. The Kier molecular flexibility index (Phi) is 6.06. The Morgan fingerprint density at radius 1 is 1.09 bits per heavy atom. The molecular weight excluding hydrogens is 280 g/mol. The second-order valence-electron chi connectivity index (χ2n) is 4.76. The number of aromatic nitrogens is 3. The lowest BCUT2D eigenvalue weighted by Crippen LogP contribution is -2.07. The number of aryl methyl sites for hydroxylation is 1. The van der Waals surface area contributed by atoms with Crippen LogP contribution in [0.3, 0.4) is 0 Å². The molecule has 1 heterocycles. The van der Waals surface area contributed by atoms with Gasteiger partial charge < -0.3 is 14.8 Å². The molecule has 0 aliphatic heterocycles. The van der Waals surface area contributed by atoms with E-state index in [-0.39, 0.29) is 0 Å². The molecule has 120 valence electrons. The van der Waals surface area contributed by atoms with Crippen LogP contribution in [0.25, 0.3) is 0 Å². The van der Waals surface area contributed by atoms with Crippen LogP contribution in [0.4, 0.5) is 5.69 Å². The summed E-state index contributed by atoms with van der Waals surface area (Å²) in [6.45, 7) is 7.98. The fraction of sp³-hybridized carbons (Fsp3) is 0.500. The third kappa shape index (κ3) is 4.38. The Hall–Kier alpha value is -2.24. The zero-order valence-electron chi connectivity index (χ0n) is 13.5. The number of hydrogen-bond donors (Lipinski definition) is 2. The summed E-state index contributed by atoms with van der Waals surface area (Å²) < 4.78 is 11.2. The number of nitrogens with zero attached hydrogens (tertiary/aromatic N) is 2. The number of anilines is 1. The Labute approximate surface area is 131 Å². The van der Waals surface area contributed by atoms with Crippen LogP contribution in [0.2, 0.25) is 0 Å². The van der Waals surface area contributed by atoms with Crippen LogP contribution < -0.4 is 14.8 Å². The first kappa shape index (κ1) is 16.1. The molecule has 0 saturated heterocycles. The summed E-state index contributed by atoms with van der Waals surface area (Å²) in [6.07, 6.45) is 1.64. The van der Waals surface area contributed by atoms with E-state index in [0.717, 1.165) is 48.2 Å². The maximum atomic E-state index is 5.62. The standard InChI is InChI=1S/C16H24N4O2/c1-4-15-18-16(20-19-15)9-10-17-12-7-8-13(21-5-2)14(11-12)22-6-3/h7-8,11,17H,4-6,9-10H2,1-3H3,(H,18,19,20). The summed E-state index contributed by atoms with van der Waals surface area (Å²) in [7, 11) is 0. The molecule has 6 nitrogen and oxygen atoms in total. The Morgan fingerprint density at radius 2 is 1.86 bits per heavy atom. The van der Waals surface area contributed by atoms with E-state index in [4.69, 9.17) is 9.47 Å². The van der Waals surface area contributed by atoms with Crippen LogP contribution in [-0.4, -0.2) is 34.9 Å². The van der Waals surface area contributed by atoms with Gasteiger partial charge in [0.05, 0.1) is 13.2 Å². The molecule has 0 saturated carbocycles. The first-order chi connectivity index (χ1) is 10.8. The van der Waals surface area contributed by atoms with E-state index < -0.39 is 0 Å². The van der Waals surface area contributed by atoms with Gasteiger partial charge in [-0.1, -0.05) is 6.92 Å². The molecule has 1 aromatic carbocycles. The van der Waals surface area contributed by atoms with E-state index in [2.05, 4.69) is 20.5 Å². The average molecular weight is 304 g/mol. The van der Waals surface area contributed by atoms with E-state index >= 15 is 0 Å². The van der Waals surface area contributed by atoms with Crippen molar-refractivity contribution in [2.45, 2.75) is 33.6 Å². The highest BCUT2D eigenvalue weighted by Gasteiger charge is 2.06. The van der Waals surface area contributed by atoms with Gasteiger partial charge in [-0.25, -0.2) is 4.98 Å². The quantitative estimate of drug-likeness (QED) is 0.745. The molecule has 2 N–H and O–H groups in total. The third-order valence-corrected chi connectivity index (χ3v) is 3.13. The van der Waals surface area contributed by atoms with Crippen LogP contribution >= 0.6 is 0 Å². The van der Waals surface area contributed by atoms with Crippen molar-refractivity contribution in [3.63, 3.8) is 0 Å². The summed E-state index contributed by atoms with van der Waals surface area (Å²) in [5.74, 6) is 3.30. The zero-order valence-corrected chi connectivity index (χ0v) is 13.5. The fourth-order valence-corrected chi connectivity index (χ4v) is 2.09. The summed E-state index contributed by atoms with van der Waals surface area (Å²) in [5, 5.41) is 10.5. The van der Waals surface area contributed by atoms with Gasteiger partial charge in [-0.15, -0.1) is 0 Å². The molecule has 0 radical (unpaired) electrons. The molecule has 6 heteroatoms. The molecule has 0 amide bonds. The van der Waals surface area contributed by atoms with Crippen molar-refractivity contribution in [3.05, 3.63) is 29.8 Å². The van der Waals surface area contributed by atoms with Gasteiger partial charge in [-0.3, -0.25) is 5.10 Å². The second kappa shape index (κ2) is 8.26. The molecular formula is C16H24N4O2. The van der Waals surface area contributed by atoms with E-state index in [1.165, 1.54) is 0 Å². The second-order valence-corrected chi connectivity index (χ2v) is 4.76. The van der Waals surface area contributed by atoms with Gasteiger partial charge in [0.2, 0.25) is 0 Å². The molecule has 0 fully saturated rings. The van der Waals surface area contributed by atoms with Crippen molar-refractivity contribution >= 4 is 5.69 Å². The van der Waals surface area contributed by atoms with Crippen molar-refractivity contribution < 1.29 is 9.47 Å². The maximum absolute atomic E-state index is 5.62. The third-order valence-electron chi connectivity index (χ3n) is 3.13. The number of H-pyrrole nitrogens is 1. The summed E-state index contributed by atoms with van der Waals surface area (Å²) in [5.41, 5.74) is 1.00. The van der Waals surface area contributed by atoms with Gasteiger partial charge in [0, 0.05) is 31.1 Å². The molecule has 0 aliphatic rings. The minimum atomic E-state index is 0.612. The fourth-order valence-electron chi connectivity index (χ4n) is 2.09. The van der Waals surface area contributed by atoms with Crippen molar-refractivity contribution in [1.29, 1.82) is 0 Å². The highest BCUT2D eigenvalue weighted by Crippen LogP contribution is 2.30. The number of hydrogen-bond acceptors (Lipinski definition) is 5. The first-order valence-electron chi connectivity index (χ1n) is 7.80. The van der Waals surface area contributed by atoms with Crippen LogP contribution in [0.1, 0.15) is 32.4 Å². The Morgan fingerprint density at radius 3 is 2.55 bits per heavy atom. The minimum absolute atomic E-state index is 0.612. The van der Waals surface area contributed by atoms with E-state index in [0.29, 0.717) is 13.2 Å². The lowest BCUT2D eigenvalue weighted by atomic mass is 10.2. The van der Waals surface area contributed by atoms with Crippen molar-refractivity contribution in [2.24, 2.45) is 0 Å². The predicted octanol–water partition coefficient (Wildman–Crippen LogP) is 2.82. The summed E-state index contributed by atoms with van der Waals surface area (Å²) in [6, 6.07) is 5.89. The van der Waals surface area contributed by atoms with Gasteiger partial charge in [-0.05, 0) is 26.0 Å². The Bertz CT molecular complexity index is 583. The van der Waals surface area contributed by atoms with Crippen LogP contribution in [0.15, 0.2) is 18.2 Å². The minimum Gasteiger partial charge on any atom is -0.490 e. The predicted molar refractivity (Wildman–Crippen MR) is 86.7 cm³/mol. The van der Waals surface area contributed by atoms with Gasteiger partial charge in [-0.2, -0.15) is 5.10 Å². The smallest absolute Gasteiger partial charge is 0.163 e. The van der Waals surface area contributed by atoms with Gasteiger partial charge in [0.1, 0.15) is 11.6 Å². The number of rotatable bonds is 9. The molecule has 0 unspecified atom stereocenters. The zero-order chi connectivity index (χ0) is 15.8. The Balaban J connectivity index is 1.92. The van der Waals surface area contributed by atoms with Gasteiger partial charge in [0.15, 0.2) is 11.5 Å². The highest BCUT2D eigenvalue weighted by atomic mass is 16.5.